The van der Waals surface area contributed by atoms with Crippen molar-refractivity contribution >= 4 is 22.7 Å². The molecule has 0 saturated carbocycles. The van der Waals surface area contributed by atoms with E-state index in [4.69, 9.17) is 10.5 Å². The van der Waals surface area contributed by atoms with Crippen LogP contribution >= 0.6 is 0 Å². The van der Waals surface area contributed by atoms with Gasteiger partial charge in [-0.1, -0.05) is 18.2 Å². The number of primary amides is 1. The first-order chi connectivity index (χ1) is 11.6. The molecule has 6 heteroatoms. The Kier molecular flexibility index (Phi) is 4.49. The van der Waals surface area contributed by atoms with Gasteiger partial charge in [0.15, 0.2) is 0 Å². The van der Waals surface area contributed by atoms with Gasteiger partial charge < -0.3 is 15.4 Å². The quantitative estimate of drug-likeness (QED) is 0.906. The van der Waals surface area contributed by atoms with Crippen LogP contribution in [-0.2, 0) is 9.53 Å². The van der Waals surface area contributed by atoms with E-state index in [9.17, 15) is 9.59 Å². The summed E-state index contributed by atoms with van der Waals surface area (Å²) in [6, 6.07) is 9.32. The van der Waals surface area contributed by atoms with Crippen LogP contribution in [0.2, 0.25) is 0 Å². The fourth-order valence-electron chi connectivity index (χ4n) is 3.66. The van der Waals surface area contributed by atoms with E-state index in [1.807, 2.05) is 24.3 Å². The number of benzene rings is 1. The minimum Gasteiger partial charge on any atom is -0.382 e. The predicted molar refractivity (Wildman–Crippen MR) is 90.4 cm³/mol. The summed E-state index contributed by atoms with van der Waals surface area (Å²) in [6.07, 6.45) is 3.30. The molecule has 2 amide bonds. The smallest absolute Gasteiger partial charge is 0.256 e. The van der Waals surface area contributed by atoms with Crippen molar-refractivity contribution in [2.45, 2.75) is 24.8 Å². The van der Waals surface area contributed by atoms with Gasteiger partial charge in [-0.2, -0.15) is 0 Å². The Morgan fingerprint density at radius 3 is 2.88 bits per heavy atom. The number of aromatic nitrogens is 1. The van der Waals surface area contributed by atoms with Gasteiger partial charge in [0.2, 0.25) is 5.91 Å². The summed E-state index contributed by atoms with van der Waals surface area (Å²) < 4.78 is 5.32. The molecular formula is C18H21N3O3. The molecule has 1 aromatic heterocycles. The topological polar surface area (TPSA) is 85.5 Å². The summed E-state index contributed by atoms with van der Waals surface area (Å²) in [5, 5.41) is 0.912. The molecule has 1 saturated heterocycles. The second kappa shape index (κ2) is 6.57. The number of ether oxygens (including phenoxy) is 1. The monoisotopic (exact) mass is 327 g/mol. The number of nitrogens with two attached hydrogens (primary N) is 1. The summed E-state index contributed by atoms with van der Waals surface area (Å²) in [5.41, 5.74) is 5.97. The Balaban J connectivity index is 2.02. The number of pyridine rings is 1. The lowest BCUT2D eigenvalue weighted by atomic mass is 9.91. The van der Waals surface area contributed by atoms with Crippen LogP contribution in [0.1, 0.15) is 29.6 Å². The molecule has 1 aliphatic rings. The molecule has 1 aromatic carbocycles. The van der Waals surface area contributed by atoms with Crippen LogP contribution in [0.3, 0.4) is 0 Å². The van der Waals surface area contributed by atoms with Gasteiger partial charge in [0, 0.05) is 25.2 Å². The van der Waals surface area contributed by atoms with Crippen LogP contribution < -0.4 is 5.73 Å². The number of para-hydroxylation sites is 1. The Morgan fingerprint density at radius 2 is 2.12 bits per heavy atom. The van der Waals surface area contributed by atoms with Crippen molar-refractivity contribution in [3.8, 4) is 0 Å². The third-order valence-electron chi connectivity index (χ3n) is 4.62. The molecule has 2 N–H and O–H groups in total. The van der Waals surface area contributed by atoms with Crippen LogP contribution in [0.5, 0.6) is 0 Å². The van der Waals surface area contributed by atoms with Crippen molar-refractivity contribution in [2.24, 2.45) is 5.73 Å². The summed E-state index contributed by atoms with van der Waals surface area (Å²) in [4.78, 5) is 30.9. The zero-order valence-corrected chi connectivity index (χ0v) is 13.7. The Hall–Kier alpha value is -2.47. The zero-order chi connectivity index (χ0) is 17.2. The molecule has 1 unspecified atom stereocenters. The minimum absolute atomic E-state index is 0.102. The van der Waals surface area contributed by atoms with Gasteiger partial charge in [0.1, 0.15) is 0 Å². The van der Waals surface area contributed by atoms with Crippen LogP contribution in [0.4, 0.5) is 0 Å². The SMILES string of the molecule is COCC1(CC(N)=O)CCCN1C(=O)c1cccc2cccnc12. The van der Waals surface area contributed by atoms with Crippen molar-refractivity contribution in [1.29, 1.82) is 0 Å². The third-order valence-corrected chi connectivity index (χ3v) is 4.62. The highest BCUT2D eigenvalue weighted by Crippen LogP contribution is 2.35. The first kappa shape index (κ1) is 16.4. The summed E-state index contributed by atoms with van der Waals surface area (Å²) in [7, 11) is 1.57. The van der Waals surface area contributed by atoms with Gasteiger partial charge in [-0.15, -0.1) is 0 Å². The van der Waals surface area contributed by atoms with E-state index in [1.54, 1.807) is 24.3 Å². The number of likely N-dealkylation sites (tertiary alicyclic amines) is 1. The van der Waals surface area contributed by atoms with Crippen molar-refractivity contribution in [3.63, 3.8) is 0 Å². The van der Waals surface area contributed by atoms with Crippen molar-refractivity contribution in [1.82, 2.24) is 9.88 Å². The molecule has 1 aliphatic heterocycles. The molecule has 0 radical (unpaired) electrons. The number of carbonyl (C=O) groups excluding carboxylic acids is 2. The first-order valence-electron chi connectivity index (χ1n) is 8.00. The largest absolute Gasteiger partial charge is 0.382 e. The predicted octanol–water partition coefficient (Wildman–Crippen LogP) is 1.73. The highest BCUT2D eigenvalue weighted by molar-refractivity contribution is 6.06. The van der Waals surface area contributed by atoms with Gasteiger partial charge in [-0.25, -0.2) is 0 Å². The summed E-state index contributed by atoms with van der Waals surface area (Å²) >= 11 is 0. The standard InChI is InChI=1S/C18H21N3O3/c1-24-12-18(11-15(19)22)8-4-10-21(18)17(23)14-7-2-5-13-6-3-9-20-16(13)14/h2-3,5-7,9H,4,8,10-12H2,1H3,(H2,19,22). The number of hydrogen-bond donors (Lipinski definition) is 1. The van der Waals surface area contributed by atoms with Crippen LogP contribution in [-0.4, -0.2) is 47.5 Å². The van der Waals surface area contributed by atoms with E-state index in [0.29, 0.717) is 30.7 Å². The Bertz CT molecular complexity index is 772. The highest BCUT2D eigenvalue weighted by Gasteiger charge is 2.45. The number of nitrogens with zero attached hydrogens (tertiary/aromatic N) is 2. The van der Waals surface area contributed by atoms with E-state index in [-0.39, 0.29) is 12.3 Å². The lowest BCUT2D eigenvalue weighted by molar-refractivity contribution is -0.121. The van der Waals surface area contributed by atoms with Crippen LogP contribution in [0.25, 0.3) is 10.9 Å². The maximum atomic E-state index is 13.2. The lowest BCUT2D eigenvalue weighted by Crippen LogP contribution is -2.52. The van der Waals surface area contributed by atoms with E-state index >= 15 is 0 Å². The van der Waals surface area contributed by atoms with Gasteiger partial charge in [0.25, 0.3) is 5.91 Å². The zero-order valence-electron chi connectivity index (χ0n) is 13.7. The molecule has 24 heavy (non-hydrogen) atoms. The van der Waals surface area contributed by atoms with Gasteiger partial charge in [0.05, 0.1) is 29.6 Å². The molecule has 126 valence electrons. The normalized spacial score (nSPS) is 20.5. The van der Waals surface area contributed by atoms with E-state index in [0.717, 1.165) is 11.8 Å². The highest BCUT2D eigenvalue weighted by atomic mass is 16.5. The molecule has 2 heterocycles. The molecule has 3 rings (SSSR count). The molecular weight excluding hydrogens is 306 g/mol. The van der Waals surface area contributed by atoms with Gasteiger partial charge >= 0.3 is 0 Å². The first-order valence-corrected chi connectivity index (χ1v) is 8.00. The molecule has 0 bridgehead atoms. The summed E-state index contributed by atoms with van der Waals surface area (Å²) in [5.74, 6) is -0.558. The number of rotatable bonds is 5. The van der Waals surface area contributed by atoms with E-state index in [1.165, 1.54) is 0 Å². The molecule has 1 fully saturated rings. The van der Waals surface area contributed by atoms with Crippen molar-refractivity contribution < 1.29 is 14.3 Å². The number of methoxy groups -OCH3 is 1. The fourth-order valence-corrected chi connectivity index (χ4v) is 3.66. The maximum absolute atomic E-state index is 13.2. The molecule has 6 nitrogen and oxygen atoms in total. The lowest BCUT2D eigenvalue weighted by Gasteiger charge is -2.37. The molecule has 0 spiro atoms. The third kappa shape index (κ3) is 2.85. The Morgan fingerprint density at radius 1 is 1.33 bits per heavy atom. The van der Waals surface area contributed by atoms with Crippen LogP contribution in [0.15, 0.2) is 36.5 Å². The fraction of sp³-hybridized carbons (Fsp3) is 0.389. The summed E-state index contributed by atoms with van der Waals surface area (Å²) in [6.45, 7) is 0.874. The average Bonchev–Trinajstić information content (AvgIpc) is 2.96. The molecule has 2 aromatic rings. The van der Waals surface area contributed by atoms with Crippen molar-refractivity contribution in [2.75, 3.05) is 20.3 Å². The number of carbonyl (C=O) groups is 2. The van der Waals surface area contributed by atoms with E-state index < -0.39 is 11.4 Å². The second-order valence-electron chi connectivity index (χ2n) is 6.24. The number of fused-ring (bicyclic) bond motifs is 1. The second-order valence-corrected chi connectivity index (χ2v) is 6.24. The van der Waals surface area contributed by atoms with E-state index in [2.05, 4.69) is 4.98 Å². The number of amides is 2. The Labute approximate surface area is 140 Å². The number of hydrogen-bond acceptors (Lipinski definition) is 4. The van der Waals surface area contributed by atoms with Gasteiger partial charge in [-0.3, -0.25) is 14.6 Å². The average molecular weight is 327 g/mol. The van der Waals surface area contributed by atoms with Crippen LogP contribution in [0, 0.1) is 0 Å². The van der Waals surface area contributed by atoms with Gasteiger partial charge in [-0.05, 0) is 25.0 Å². The molecule has 1 atom stereocenters. The minimum atomic E-state index is -0.672. The maximum Gasteiger partial charge on any atom is 0.256 e. The van der Waals surface area contributed by atoms with Crippen molar-refractivity contribution in [3.05, 3.63) is 42.1 Å². The molecule has 0 aliphatic carbocycles.